The molecule has 1 nitrogen and oxygen atoms in total. The molecule has 0 aliphatic heterocycles. The quantitative estimate of drug-likeness (QED) is 0.354. The van der Waals surface area contributed by atoms with E-state index < -0.39 is 0 Å². The van der Waals surface area contributed by atoms with E-state index >= 15 is 0 Å². The zero-order valence-corrected chi connectivity index (χ0v) is 6.66. The molecule has 0 spiro atoms. The van der Waals surface area contributed by atoms with Gasteiger partial charge in [0.05, 0.1) is 4.48 Å². The third-order valence-corrected chi connectivity index (χ3v) is 1.06. The van der Waals surface area contributed by atoms with Crippen molar-refractivity contribution < 1.29 is 4.79 Å². The minimum atomic E-state index is 0.646. The first-order valence-electron chi connectivity index (χ1n) is 2.34. The molecule has 0 N–H and O–H groups in total. The van der Waals surface area contributed by atoms with Crippen LogP contribution in [0.15, 0.2) is 40.1 Å². The van der Waals surface area contributed by atoms with Crippen molar-refractivity contribution in [2.24, 2.45) is 0 Å². The SMILES string of the molecule is C=CC(Br)=C=C=C=C=C=O. The van der Waals surface area contributed by atoms with Crippen molar-refractivity contribution in [2.75, 3.05) is 0 Å². The lowest BCUT2D eigenvalue weighted by molar-refractivity contribution is 0.569. The van der Waals surface area contributed by atoms with Crippen LogP contribution in [0.4, 0.5) is 0 Å². The molecule has 0 unspecified atom stereocenters. The summed E-state index contributed by atoms with van der Waals surface area (Å²) < 4.78 is 0.646. The van der Waals surface area contributed by atoms with Gasteiger partial charge < -0.3 is 0 Å². The van der Waals surface area contributed by atoms with Crippen molar-refractivity contribution in [1.29, 1.82) is 0 Å². The van der Waals surface area contributed by atoms with E-state index in [1.165, 1.54) is 5.94 Å². The molecule has 0 saturated heterocycles. The number of hydrogen-bond donors (Lipinski definition) is 0. The molecule has 0 aromatic heterocycles. The lowest BCUT2D eigenvalue weighted by Gasteiger charge is -1.69. The first-order chi connectivity index (χ1) is 4.81. The molecule has 0 aliphatic rings. The summed E-state index contributed by atoms with van der Waals surface area (Å²) in [5, 5.41) is 0. The van der Waals surface area contributed by atoms with Crippen LogP contribution in [0.25, 0.3) is 0 Å². The van der Waals surface area contributed by atoms with Crippen LogP contribution in [0.2, 0.25) is 0 Å². The van der Waals surface area contributed by atoms with E-state index in [1.54, 1.807) is 6.08 Å². The van der Waals surface area contributed by atoms with Crippen LogP contribution in [0.3, 0.4) is 0 Å². The van der Waals surface area contributed by atoms with Crippen molar-refractivity contribution in [3.63, 3.8) is 0 Å². The van der Waals surface area contributed by atoms with E-state index in [1.807, 2.05) is 5.73 Å². The van der Waals surface area contributed by atoms with E-state index in [-0.39, 0.29) is 0 Å². The third kappa shape index (κ3) is 4.94. The van der Waals surface area contributed by atoms with E-state index in [2.05, 4.69) is 39.7 Å². The Bertz CT molecular complexity index is 309. The van der Waals surface area contributed by atoms with Gasteiger partial charge in [-0.15, -0.1) is 0 Å². The fraction of sp³-hybridized carbons (Fsp3) is 0. The summed E-state index contributed by atoms with van der Waals surface area (Å²) in [4.78, 5) is 9.51. The van der Waals surface area contributed by atoms with Gasteiger partial charge >= 0.3 is 0 Å². The van der Waals surface area contributed by atoms with E-state index in [0.29, 0.717) is 4.48 Å². The molecule has 2 heteroatoms. The van der Waals surface area contributed by atoms with E-state index in [4.69, 9.17) is 0 Å². The minimum absolute atomic E-state index is 0.646. The van der Waals surface area contributed by atoms with Crippen LogP contribution >= 0.6 is 15.9 Å². The molecule has 0 amide bonds. The van der Waals surface area contributed by atoms with Gasteiger partial charge in [0.25, 0.3) is 0 Å². The molecule has 0 aromatic rings. The second-order valence-electron chi connectivity index (χ2n) is 1.15. The second-order valence-corrected chi connectivity index (χ2v) is 2.01. The lowest BCUT2D eigenvalue weighted by Crippen LogP contribution is -1.46. The molecule has 0 rings (SSSR count). The van der Waals surface area contributed by atoms with Gasteiger partial charge in [-0.3, -0.25) is 0 Å². The third-order valence-electron chi connectivity index (χ3n) is 0.537. The largest absolute Gasteiger partial charge is 0.223 e. The summed E-state index contributed by atoms with van der Waals surface area (Å²) in [7, 11) is 0. The Morgan fingerprint density at radius 3 is 2.60 bits per heavy atom. The zero-order valence-electron chi connectivity index (χ0n) is 5.07. The molecule has 0 atom stereocenters. The Hall–Kier alpha value is -1.21. The number of rotatable bonds is 1. The average Bonchev–Trinajstić information content (AvgIpc) is 1.98. The normalized spacial score (nSPS) is 5.30. The number of hydrogen-bond acceptors (Lipinski definition) is 1. The first kappa shape index (κ1) is 8.79. The van der Waals surface area contributed by atoms with Gasteiger partial charge in [0.2, 0.25) is 0 Å². The number of allylic oxidation sites excluding steroid dienone is 2. The summed E-state index contributed by atoms with van der Waals surface area (Å²) in [6, 6.07) is 0. The maximum absolute atomic E-state index is 9.51. The molecule has 0 saturated carbocycles. The Morgan fingerprint density at radius 2 is 2.10 bits per heavy atom. The van der Waals surface area contributed by atoms with Crippen molar-refractivity contribution in [3.05, 3.63) is 40.1 Å². The Balaban J connectivity index is 5.04. The highest BCUT2D eigenvalue weighted by molar-refractivity contribution is 9.11. The maximum Gasteiger partial charge on any atom is 0.186 e. The van der Waals surface area contributed by atoms with Gasteiger partial charge in [0.15, 0.2) is 5.94 Å². The molecule has 48 valence electrons. The molecular weight excluding hydrogens is 192 g/mol. The van der Waals surface area contributed by atoms with Crippen molar-refractivity contribution in [3.8, 4) is 0 Å². The second kappa shape index (κ2) is 5.92. The van der Waals surface area contributed by atoms with Crippen molar-refractivity contribution in [1.82, 2.24) is 0 Å². The summed E-state index contributed by atoms with van der Waals surface area (Å²) in [6.45, 7) is 3.45. The maximum atomic E-state index is 9.51. The predicted octanol–water partition coefficient (Wildman–Crippen LogP) is 1.90. The van der Waals surface area contributed by atoms with Crippen LogP contribution in [0, 0.1) is 0 Å². The van der Waals surface area contributed by atoms with Gasteiger partial charge in [-0.1, -0.05) is 6.58 Å². The molecular formula is C8H3BrO. The molecule has 0 bridgehead atoms. The van der Waals surface area contributed by atoms with Crippen LogP contribution in [-0.4, -0.2) is 5.94 Å². The van der Waals surface area contributed by atoms with Crippen LogP contribution < -0.4 is 0 Å². The average molecular weight is 195 g/mol. The van der Waals surface area contributed by atoms with E-state index in [9.17, 15) is 4.79 Å². The number of halogens is 1. The topological polar surface area (TPSA) is 17.1 Å². The zero-order chi connectivity index (χ0) is 7.82. The molecule has 0 fully saturated rings. The van der Waals surface area contributed by atoms with E-state index in [0.717, 1.165) is 0 Å². The van der Waals surface area contributed by atoms with Crippen molar-refractivity contribution in [2.45, 2.75) is 0 Å². The minimum Gasteiger partial charge on any atom is -0.223 e. The van der Waals surface area contributed by atoms with Gasteiger partial charge in [-0.05, 0) is 33.5 Å². The van der Waals surface area contributed by atoms with Gasteiger partial charge in [-0.2, -0.15) is 0 Å². The monoisotopic (exact) mass is 194 g/mol. The van der Waals surface area contributed by atoms with Crippen LogP contribution in [0.1, 0.15) is 0 Å². The first-order valence-corrected chi connectivity index (χ1v) is 3.13. The van der Waals surface area contributed by atoms with Crippen molar-refractivity contribution >= 4 is 21.9 Å². The summed E-state index contributed by atoms with van der Waals surface area (Å²) in [5.74, 6) is 1.40. The van der Waals surface area contributed by atoms with Gasteiger partial charge in [-0.25, -0.2) is 4.79 Å². The summed E-state index contributed by atoms with van der Waals surface area (Å²) >= 11 is 3.09. The molecule has 0 aliphatic carbocycles. The van der Waals surface area contributed by atoms with Gasteiger partial charge in [0.1, 0.15) is 0 Å². The number of carbonyl (C=O) groups excluding carboxylic acids is 1. The van der Waals surface area contributed by atoms with Crippen LogP contribution in [0.5, 0.6) is 0 Å². The lowest BCUT2D eigenvalue weighted by atomic mass is 10.6. The molecule has 0 aromatic carbocycles. The molecule has 0 heterocycles. The smallest absolute Gasteiger partial charge is 0.186 e. The Morgan fingerprint density at radius 1 is 1.40 bits per heavy atom. The highest BCUT2D eigenvalue weighted by atomic mass is 79.9. The molecule has 0 radical (unpaired) electrons. The fourth-order valence-electron chi connectivity index (χ4n) is 0.199. The summed E-state index contributed by atoms with van der Waals surface area (Å²) in [6.07, 6.45) is 1.54. The highest BCUT2D eigenvalue weighted by Gasteiger charge is 1.70. The molecule has 10 heavy (non-hydrogen) atoms. The Kier molecular flexibility index (Phi) is 5.20. The standard InChI is InChI=1S/C8H3BrO/c1-2-8(9)6-4-3-5-7-10/h2H,1H2. The fourth-order valence-corrected chi connectivity index (χ4v) is 0.298. The van der Waals surface area contributed by atoms with Crippen LogP contribution in [-0.2, 0) is 4.79 Å². The Labute approximate surface area is 67.2 Å². The highest BCUT2D eigenvalue weighted by Crippen LogP contribution is 2.00. The predicted molar refractivity (Wildman–Crippen MR) is 42.4 cm³/mol. The van der Waals surface area contributed by atoms with Gasteiger partial charge in [0, 0.05) is 11.5 Å². The summed E-state index contributed by atoms with van der Waals surface area (Å²) in [5.41, 5.74) is 9.29.